The summed E-state index contributed by atoms with van der Waals surface area (Å²) in [7, 11) is 0. The molecule has 0 bridgehead atoms. The predicted octanol–water partition coefficient (Wildman–Crippen LogP) is 4.01. The van der Waals surface area contributed by atoms with Crippen molar-refractivity contribution in [2.45, 2.75) is 6.54 Å². The zero-order valence-corrected chi connectivity index (χ0v) is 12.2. The largest absolute Gasteiger partial charge is 0.465 e. The standard InChI is InChI=1S/C18H14FNO3/c19-14-5-3-13(4-6-14)17-9-7-16(23-17)12-20-18(21)10-8-15-2-1-11-22-15/h1-11H,12H2,(H,20,21). The molecular weight excluding hydrogens is 297 g/mol. The first-order chi connectivity index (χ1) is 11.2. The first-order valence-corrected chi connectivity index (χ1v) is 7.05. The first-order valence-electron chi connectivity index (χ1n) is 7.05. The van der Waals surface area contributed by atoms with E-state index < -0.39 is 0 Å². The van der Waals surface area contributed by atoms with Crippen LogP contribution in [-0.2, 0) is 11.3 Å². The molecule has 3 rings (SSSR count). The maximum Gasteiger partial charge on any atom is 0.244 e. The fourth-order valence-electron chi connectivity index (χ4n) is 2.02. The van der Waals surface area contributed by atoms with Gasteiger partial charge in [-0.15, -0.1) is 0 Å². The van der Waals surface area contributed by atoms with Crippen LogP contribution in [0.5, 0.6) is 0 Å². The summed E-state index contributed by atoms with van der Waals surface area (Å²) in [5.41, 5.74) is 0.779. The Balaban J connectivity index is 1.57. The first kappa shape index (κ1) is 14.8. The number of hydrogen-bond donors (Lipinski definition) is 1. The van der Waals surface area contributed by atoms with Crippen LogP contribution in [0.1, 0.15) is 11.5 Å². The van der Waals surface area contributed by atoms with Gasteiger partial charge in [-0.2, -0.15) is 0 Å². The molecule has 0 spiro atoms. The Hall–Kier alpha value is -3.08. The fourth-order valence-corrected chi connectivity index (χ4v) is 2.02. The minimum atomic E-state index is -0.295. The van der Waals surface area contributed by atoms with Gasteiger partial charge in [0.1, 0.15) is 23.1 Å². The van der Waals surface area contributed by atoms with Crippen LogP contribution in [0.2, 0.25) is 0 Å². The van der Waals surface area contributed by atoms with Gasteiger partial charge >= 0.3 is 0 Å². The Labute approximate surface area is 132 Å². The average molecular weight is 311 g/mol. The normalized spacial score (nSPS) is 11.0. The van der Waals surface area contributed by atoms with Crippen molar-refractivity contribution in [2.75, 3.05) is 0 Å². The van der Waals surface area contributed by atoms with Crippen molar-refractivity contribution in [1.29, 1.82) is 0 Å². The molecule has 2 aromatic heterocycles. The smallest absolute Gasteiger partial charge is 0.244 e. The molecule has 23 heavy (non-hydrogen) atoms. The van der Waals surface area contributed by atoms with Crippen molar-refractivity contribution in [3.05, 3.63) is 78.2 Å². The lowest BCUT2D eigenvalue weighted by Gasteiger charge is -1.99. The van der Waals surface area contributed by atoms with E-state index in [-0.39, 0.29) is 18.3 Å². The number of nitrogens with one attached hydrogen (secondary N) is 1. The van der Waals surface area contributed by atoms with Gasteiger partial charge in [0.2, 0.25) is 5.91 Å². The third-order valence-corrected chi connectivity index (χ3v) is 3.17. The van der Waals surface area contributed by atoms with Crippen LogP contribution >= 0.6 is 0 Å². The Kier molecular flexibility index (Phi) is 4.38. The quantitative estimate of drug-likeness (QED) is 0.724. The van der Waals surface area contributed by atoms with Crippen LogP contribution in [0.15, 0.2) is 69.7 Å². The summed E-state index contributed by atoms with van der Waals surface area (Å²) in [4.78, 5) is 11.7. The highest BCUT2D eigenvalue weighted by molar-refractivity contribution is 5.91. The maximum absolute atomic E-state index is 12.9. The van der Waals surface area contributed by atoms with Gasteiger partial charge in [-0.1, -0.05) is 0 Å². The number of carbonyl (C=O) groups excluding carboxylic acids is 1. The zero-order valence-electron chi connectivity index (χ0n) is 12.2. The number of amides is 1. The van der Waals surface area contributed by atoms with Gasteiger partial charge in [0.05, 0.1) is 12.8 Å². The fraction of sp³-hybridized carbons (Fsp3) is 0.0556. The Morgan fingerprint density at radius 1 is 1.13 bits per heavy atom. The van der Waals surface area contributed by atoms with Crippen molar-refractivity contribution >= 4 is 12.0 Å². The van der Waals surface area contributed by atoms with Crippen LogP contribution in [0.3, 0.4) is 0 Å². The number of furan rings is 2. The highest BCUT2D eigenvalue weighted by Crippen LogP contribution is 2.22. The molecule has 116 valence electrons. The van der Waals surface area contributed by atoms with Crippen molar-refractivity contribution in [3.63, 3.8) is 0 Å². The van der Waals surface area contributed by atoms with Crippen molar-refractivity contribution in [3.8, 4) is 11.3 Å². The van der Waals surface area contributed by atoms with Crippen LogP contribution in [0, 0.1) is 5.82 Å². The molecule has 0 aliphatic rings. The summed E-state index contributed by atoms with van der Waals surface area (Å²) in [6.45, 7) is 0.266. The molecule has 4 nitrogen and oxygen atoms in total. The summed E-state index contributed by atoms with van der Waals surface area (Å²) in [5.74, 6) is 1.30. The van der Waals surface area contributed by atoms with Gasteiger partial charge in [0.25, 0.3) is 0 Å². The Bertz CT molecular complexity index is 801. The molecule has 0 fully saturated rings. The number of benzene rings is 1. The molecule has 0 atom stereocenters. The van der Waals surface area contributed by atoms with E-state index in [0.29, 0.717) is 17.3 Å². The van der Waals surface area contributed by atoms with Crippen molar-refractivity contribution in [2.24, 2.45) is 0 Å². The van der Waals surface area contributed by atoms with Crippen LogP contribution in [-0.4, -0.2) is 5.91 Å². The van der Waals surface area contributed by atoms with E-state index in [1.54, 1.807) is 42.5 Å². The molecule has 1 amide bonds. The van der Waals surface area contributed by atoms with Gasteiger partial charge < -0.3 is 14.2 Å². The third-order valence-electron chi connectivity index (χ3n) is 3.17. The van der Waals surface area contributed by atoms with Crippen molar-refractivity contribution < 1.29 is 18.0 Å². The van der Waals surface area contributed by atoms with Gasteiger partial charge in [-0.05, 0) is 54.6 Å². The summed E-state index contributed by atoms with van der Waals surface area (Å²) in [6.07, 6.45) is 4.52. The molecule has 0 radical (unpaired) electrons. The molecule has 0 aliphatic heterocycles. The van der Waals surface area contributed by atoms with E-state index in [2.05, 4.69) is 5.32 Å². The molecule has 0 aliphatic carbocycles. The van der Waals surface area contributed by atoms with Gasteiger partial charge in [0.15, 0.2) is 0 Å². The zero-order chi connectivity index (χ0) is 16.1. The lowest BCUT2D eigenvalue weighted by atomic mass is 10.2. The molecule has 0 unspecified atom stereocenters. The van der Waals surface area contributed by atoms with Gasteiger partial charge in [0, 0.05) is 11.6 Å². The highest BCUT2D eigenvalue weighted by atomic mass is 19.1. The summed E-state index contributed by atoms with van der Waals surface area (Å²) in [5, 5.41) is 2.71. The van der Waals surface area contributed by atoms with E-state index in [1.807, 2.05) is 0 Å². The van der Waals surface area contributed by atoms with Crippen molar-refractivity contribution in [1.82, 2.24) is 5.32 Å². The molecule has 3 aromatic rings. The molecule has 0 saturated carbocycles. The number of rotatable bonds is 5. The summed E-state index contributed by atoms with van der Waals surface area (Å²) >= 11 is 0. The molecule has 0 saturated heterocycles. The lowest BCUT2D eigenvalue weighted by molar-refractivity contribution is -0.116. The molecule has 2 heterocycles. The van der Waals surface area contributed by atoms with Crippen LogP contribution in [0.4, 0.5) is 4.39 Å². The number of carbonyl (C=O) groups is 1. The topological polar surface area (TPSA) is 55.4 Å². The summed E-state index contributed by atoms with van der Waals surface area (Å²) in [6, 6.07) is 13.1. The minimum Gasteiger partial charge on any atom is -0.465 e. The second kappa shape index (κ2) is 6.79. The van der Waals surface area contributed by atoms with Crippen LogP contribution < -0.4 is 5.32 Å². The van der Waals surface area contributed by atoms with Gasteiger partial charge in [-0.3, -0.25) is 4.79 Å². The average Bonchev–Trinajstić information content (AvgIpc) is 3.23. The van der Waals surface area contributed by atoms with E-state index in [0.717, 1.165) is 5.56 Å². The van der Waals surface area contributed by atoms with Crippen LogP contribution in [0.25, 0.3) is 17.4 Å². The molecular formula is C18H14FNO3. The van der Waals surface area contributed by atoms with E-state index in [4.69, 9.17) is 8.83 Å². The molecule has 1 N–H and O–H groups in total. The molecule has 5 heteroatoms. The third kappa shape index (κ3) is 3.97. The van der Waals surface area contributed by atoms with E-state index >= 15 is 0 Å². The Morgan fingerprint density at radius 3 is 2.70 bits per heavy atom. The lowest BCUT2D eigenvalue weighted by Crippen LogP contribution is -2.19. The monoisotopic (exact) mass is 311 g/mol. The maximum atomic E-state index is 12.9. The van der Waals surface area contributed by atoms with E-state index in [1.165, 1.54) is 24.5 Å². The Morgan fingerprint density at radius 2 is 1.96 bits per heavy atom. The predicted molar refractivity (Wildman–Crippen MR) is 83.7 cm³/mol. The second-order valence-corrected chi connectivity index (χ2v) is 4.84. The number of hydrogen-bond acceptors (Lipinski definition) is 3. The number of halogens is 1. The van der Waals surface area contributed by atoms with Gasteiger partial charge in [-0.25, -0.2) is 4.39 Å². The second-order valence-electron chi connectivity index (χ2n) is 4.84. The SMILES string of the molecule is O=C(C=Cc1ccco1)NCc1ccc(-c2ccc(F)cc2)o1. The summed E-state index contributed by atoms with van der Waals surface area (Å²) < 4.78 is 23.6. The molecule has 1 aromatic carbocycles. The van der Waals surface area contributed by atoms with E-state index in [9.17, 15) is 9.18 Å². The minimum absolute atomic E-state index is 0.249. The highest BCUT2D eigenvalue weighted by Gasteiger charge is 2.06.